The molecule has 5 rings (SSSR count). The Morgan fingerprint density at radius 2 is 1.48 bits per heavy atom. The van der Waals surface area contributed by atoms with Crippen LogP contribution in [0.4, 0.5) is 21.9 Å². The van der Waals surface area contributed by atoms with Crippen LogP contribution in [-0.2, 0) is 6.54 Å². The van der Waals surface area contributed by atoms with Crippen LogP contribution >= 0.6 is 0 Å². The minimum Gasteiger partial charge on any atom is -0.369 e. The zero-order chi connectivity index (χ0) is 19.6. The van der Waals surface area contributed by atoms with Crippen LogP contribution < -0.4 is 20.4 Å². The lowest BCUT2D eigenvalue weighted by molar-refractivity contribution is 0.247. The van der Waals surface area contributed by atoms with Gasteiger partial charge < -0.3 is 15.5 Å². The maximum Gasteiger partial charge on any atom is 0.326 e. The lowest BCUT2D eigenvalue weighted by Crippen LogP contribution is -2.44. The van der Waals surface area contributed by atoms with Crippen molar-refractivity contribution in [1.82, 2.24) is 10.6 Å². The fraction of sp³-hybridized carbons (Fsp3) is 0.208. The third kappa shape index (κ3) is 3.34. The molecule has 0 atom stereocenters. The number of nitrogens with one attached hydrogen (secondary N) is 2. The van der Waals surface area contributed by atoms with Gasteiger partial charge in [-0.15, -0.1) is 0 Å². The van der Waals surface area contributed by atoms with E-state index in [2.05, 4.69) is 51.9 Å². The van der Waals surface area contributed by atoms with Crippen molar-refractivity contribution >= 4 is 23.1 Å². The van der Waals surface area contributed by atoms with Gasteiger partial charge in [0.15, 0.2) is 0 Å². The second-order valence-electron chi connectivity index (χ2n) is 7.42. The molecular weight excluding hydrogens is 360 g/mol. The fourth-order valence-electron chi connectivity index (χ4n) is 4.19. The van der Waals surface area contributed by atoms with Crippen molar-refractivity contribution in [1.29, 1.82) is 0 Å². The number of nitrogens with zero attached hydrogens (tertiary/aromatic N) is 2. The molecule has 29 heavy (non-hydrogen) atoms. The number of piperazine rings is 1. The van der Waals surface area contributed by atoms with E-state index >= 15 is 0 Å². The van der Waals surface area contributed by atoms with Crippen molar-refractivity contribution in [2.75, 3.05) is 36.0 Å². The molecule has 0 bridgehead atoms. The Labute approximate surface area is 171 Å². The van der Waals surface area contributed by atoms with E-state index in [1.165, 1.54) is 16.8 Å². The van der Waals surface area contributed by atoms with E-state index in [1.807, 2.05) is 36.4 Å². The molecular formula is C24H24N4O. The highest BCUT2D eigenvalue weighted by molar-refractivity contribution is 6.03. The molecule has 0 radical (unpaired) electrons. The lowest BCUT2D eigenvalue weighted by Gasteiger charge is -2.35. The first-order valence-corrected chi connectivity index (χ1v) is 10.1. The van der Waals surface area contributed by atoms with Crippen LogP contribution in [0.25, 0.3) is 11.1 Å². The molecule has 2 heterocycles. The van der Waals surface area contributed by atoms with Gasteiger partial charge in [0.1, 0.15) is 0 Å². The molecule has 2 N–H and O–H groups in total. The number of anilines is 3. The summed E-state index contributed by atoms with van der Waals surface area (Å²) in [6.07, 6.45) is 0. The standard InChI is InChI=1S/C24H24N4O/c29-24-26-17-22-21(18-7-3-1-4-8-18)15-20(27-13-11-25-12-14-27)16-23(22)28(24)19-9-5-2-6-10-19/h1-10,15-16,25H,11-14,17H2,(H,26,29). The number of para-hydroxylation sites is 1. The molecule has 2 aliphatic rings. The predicted molar refractivity (Wildman–Crippen MR) is 118 cm³/mol. The number of carbonyl (C=O) groups excluding carboxylic acids is 1. The second kappa shape index (κ2) is 7.60. The Balaban J connectivity index is 1.71. The molecule has 5 heteroatoms. The summed E-state index contributed by atoms with van der Waals surface area (Å²) >= 11 is 0. The van der Waals surface area contributed by atoms with Gasteiger partial charge >= 0.3 is 6.03 Å². The predicted octanol–water partition coefficient (Wildman–Crippen LogP) is 4.12. The van der Waals surface area contributed by atoms with Crippen LogP contribution in [0.3, 0.4) is 0 Å². The monoisotopic (exact) mass is 384 g/mol. The summed E-state index contributed by atoms with van der Waals surface area (Å²) in [5.41, 5.74) is 6.51. The molecule has 0 aromatic heterocycles. The first kappa shape index (κ1) is 17.8. The lowest BCUT2D eigenvalue weighted by atomic mass is 9.95. The summed E-state index contributed by atoms with van der Waals surface area (Å²) in [4.78, 5) is 17.1. The average molecular weight is 384 g/mol. The molecule has 0 aliphatic carbocycles. The third-order valence-corrected chi connectivity index (χ3v) is 5.65. The van der Waals surface area contributed by atoms with Crippen LogP contribution in [-0.4, -0.2) is 32.2 Å². The largest absolute Gasteiger partial charge is 0.369 e. The number of hydrogen-bond donors (Lipinski definition) is 2. The van der Waals surface area contributed by atoms with E-state index in [0.29, 0.717) is 6.54 Å². The van der Waals surface area contributed by atoms with Gasteiger partial charge in [-0.05, 0) is 35.4 Å². The van der Waals surface area contributed by atoms with Crippen LogP contribution in [0.2, 0.25) is 0 Å². The van der Waals surface area contributed by atoms with E-state index < -0.39 is 0 Å². The van der Waals surface area contributed by atoms with Gasteiger partial charge in [0.05, 0.1) is 11.4 Å². The average Bonchev–Trinajstić information content (AvgIpc) is 2.80. The van der Waals surface area contributed by atoms with Crippen molar-refractivity contribution in [2.24, 2.45) is 0 Å². The molecule has 3 aromatic rings. The highest BCUT2D eigenvalue weighted by Crippen LogP contribution is 2.41. The molecule has 0 unspecified atom stereocenters. The van der Waals surface area contributed by atoms with Crippen LogP contribution in [0.5, 0.6) is 0 Å². The first-order valence-electron chi connectivity index (χ1n) is 10.1. The Morgan fingerprint density at radius 1 is 0.793 bits per heavy atom. The van der Waals surface area contributed by atoms with Crippen molar-refractivity contribution < 1.29 is 4.79 Å². The zero-order valence-electron chi connectivity index (χ0n) is 16.3. The molecule has 2 amide bonds. The SMILES string of the molecule is O=C1NCc2c(-c3ccccc3)cc(N3CCNCC3)cc2N1c1ccccc1. The quantitative estimate of drug-likeness (QED) is 0.714. The number of benzene rings is 3. The van der Waals surface area contributed by atoms with Gasteiger partial charge in [-0.3, -0.25) is 4.90 Å². The zero-order valence-corrected chi connectivity index (χ0v) is 16.3. The third-order valence-electron chi connectivity index (χ3n) is 5.65. The van der Waals surface area contributed by atoms with Crippen LogP contribution in [0.1, 0.15) is 5.56 Å². The van der Waals surface area contributed by atoms with E-state index in [9.17, 15) is 4.79 Å². The number of fused-ring (bicyclic) bond motifs is 1. The van der Waals surface area contributed by atoms with E-state index in [-0.39, 0.29) is 6.03 Å². The minimum absolute atomic E-state index is 0.0832. The molecule has 0 saturated carbocycles. The number of rotatable bonds is 3. The van der Waals surface area contributed by atoms with Gasteiger partial charge in [-0.25, -0.2) is 4.79 Å². The number of amides is 2. The van der Waals surface area contributed by atoms with Gasteiger partial charge in [-0.1, -0.05) is 48.5 Å². The van der Waals surface area contributed by atoms with Crippen molar-refractivity contribution in [2.45, 2.75) is 6.54 Å². The number of carbonyl (C=O) groups is 1. The van der Waals surface area contributed by atoms with Crippen molar-refractivity contribution in [3.8, 4) is 11.1 Å². The maximum atomic E-state index is 12.9. The van der Waals surface area contributed by atoms with Crippen molar-refractivity contribution in [3.05, 3.63) is 78.4 Å². The molecule has 5 nitrogen and oxygen atoms in total. The number of urea groups is 1. The van der Waals surface area contributed by atoms with E-state index in [4.69, 9.17) is 0 Å². The normalized spacial score (nSPS) is 16.3. The highest BCUT2D eigenvalue weighted by Gasteiger charge is 2.29. The molecule has 2 aliphatic heterocycles. The fourth-order valence-corrected chi connectivity index (χ4v) is 4.19. The second-order valence-corrected chi connectivity index (χ2v) is 7.42. The van der Waals surface area contributed by atoms with E-state index in [0.717, 1.165) is 43.1 Å². The smallest absolute Gasteiger partial charge is 0.326 e. The molecule has 146 valence electrons. The summed E-state index contributed by atoms with van der Waals surface area (Å²) in [6.45, 7) is 4.40. The van der Waals surface area contributed by atoms with E-state index in [1.54, 1.807) is 4.90 Å². The molecule has 1 saturated heterocycles. The highest BCUT2D eigenvalue weighted by atomic mass is 16.2. The van der Waals surface area contributed by atoms with Crippen molar-refractivity contribution in [3.63, 3.8) is 0 Å². The Hall–Kier alpha value is -3.31. The van der Waals surface area contributed by atoms with Gasteiger partial charge in [0.2, 0.25) is 0 Å². The summed E-state index contributed by atoms with van der Waals surface area (Å²) < 4.78 is 0. The number of hydrogen-bond acceptors (Lipinski definition) is 3. The summed E-state index contributed by atoms with van der Waals surface area (Å²) in [6, 6.07) is 24.7. The van der Waals surface area contributed by atoms with Crippen LogP contribution in [0, 0.1) is 0 Å². The van der Waals surface area contributed by atoms with Gasteiger partial charge in [0, 0.05) is 44.0 Å². The molecule has 0 spiro atoms. The Bertz CT molecular complexity index is 1010. The topological polar surface area (TPSA) is 47.6 Å². The molecule has 3 aromatic carbocycles. The summed E-state index contributed by atoms with van der Waals surface area (Å²) in [7, 11) is 0. The summed E-state index contributed by atoms with van der Waals surface area (Å²) in [5.74, 6) is 0. The maximum absolute atomic E-state index is 12.9. The minimum atomic E-state index is -0.0832. The first-order chi connectivity index (χ1) is 14.3. The Morgan fingerprint density at radius 3 is 2.21 bits per heavy atom. The summed E-state index contributed by atoms with van der Waals surface area (Å²) in [5, 5.41) is 6.48. The Kier molecular flexibility index (Phi) is 4.66. The van der Waals surface area contributed by atoms with Gasteiger partial charge in [-0.2, -0.15) is 0 Å². The van der Waals surface area contributed by atoms with Crippen LogP contribution in [0.15, 0.2) is 72.8 Å². The molecule has 1 fully saturated rings. The van der Waals surface area contributed by atoms with Gasteiger partial charge in [0.25, 0.3) is 0 Å².